The van der Waals surface area contributed by atoms with E-state index in [2.05, 4.69) is 166 Å². The first-order valence-electron chi connectivity index (χ1n) is 20.0. The third kappa shape index (κ3) is 7.13. The van der Waals surface area contributed by atoms with Crippen LogP contribution in [0.25, 0.3) is 34.4 Å². The molecule has 52 heavy (non-hydrogen) atoms. The number of allylic oxidation sites excluding steroid dienone is 2. The van der Waals surface area contributed by atoms with Crippen molar-refractivity contribution in [2.75, 3.05) is 0 Å². The predicted molar refractivity (Wildman–Crippen MR) is 232 cm³/mol. The van der Waals surface area contributed by atoms with E-state index in [0.717, 1.165) is 38.5 Å². The maximum absolute atomic E-state index is 8.85. The fourth-order valence-corrected chi connectivity index (χ4v) is 53.7. The average Bonchev–Trinajstić information content (AvgIpc) is 3.69. The summed E-state index contributed by atoms with van der Waals surface area (Å²) in [4.78, 5) is 0. The number of rotatable bonds is 11. The first-order valence-corrected chi connectivity index (χ1v) is 42.1. The van der Waals surface area contributed by atoms with Crippen LogP contribution in [0, 0.1) is 0 Å². The Kier molecular flexibility index (Phi) is 11.4. The van der Waals surface area contributed by atoms with E-state index < -0.39 is 21.3 Å². The molecule has 2 aliphatic rings. The predicted octanol–water partition coefficient (Wildman–Crippen LogP) is 15.6. The van der Waals surface area contributed by atoms with Gasteiger partial charge in [-0.3, -0.25) is 0 Å². The summed E-state index contributed by atoms with van der Waals surface area (Å²) in [5.41, 5.74) is 16.6. The molecule has 4 aromatic rings. The van der Waals surface area contributed by atoms with Gasteiger partial charge in [-0.15, -0.1) is 0 Å². The third-order valence-electron chi connectivity index (χ3n) is 12.3. The van der Waals surface area contributed by atoms with Crippen molar-refractivity contribution in [3.05, 3.63) is 129 Å². The van der Waals surface area contributed by atoms with E-state index in [1.165, 1.54) is 66.8 Å². The molecule has 0 heterocycles. The molecule has 6 rings (SSSR count). The van der Waals surface area contributed by atoms with Crippen LogP contribution in [-0.4, -0.2) is 5.98 Å². The van der Waals surface area contributed by atoms with E-state index in [9.17, 15) is 0 Å². The minimum absolute atomic E-state index is 0.117. The molecule has 0 fully saturated rings. The molecule has 0 saturated carbocycles. The molecule has 0 radical (unpaired) electrons. The van der Waals surface area contributed by atoms with Crippen molar-refractivity contribution in [3.8, 4) is 22.3 Å². The molecule has 0 aromatic heterocycles. The Morgan fingerprint density at radius 1 is 0.558 bits per heavy atom. The first-order chi connectivity index (χ1) is 24.5. The molecule has 0 aliphatic heterocycles. The second-order valence-corrected chi connectivity index (χ2v) is 77.4. The number of halogens is 2. The minimum atomic E-state index is -5.05. The maximum atomic E-state index is 8.85. The number of fused-ring (bicyclic) bond motifs is 2. The molecule has 4 aromatic carbocycles. The molecule has 0 saturated heterocycles. The first kappa shape index (κ1) is 39.7. The molecule has 2 aliphatic carbocycles. The Hall–Kier alpha value is -1.97. The standard InChI is InChI=1S/2C23H27.C2H7Si.2ClH.Hf/c2*1-5-6-8-17-15-19-9-7-10-21(22(19)16-17)18-11-13-20(14-12-18)23(2,3)4;1-3-2;;;/h2*7,9-16H,5-6,8H2,1-4H3;3H,1-2H3;2*1H;/q;;;;;+2/p-2. The fraction of sp³-hybridized carbons (Fsp3) is 0.417. The van der Waals surface area contributed by atoms with E-state index in [1.807, 2.05) is 0 Å². The van der Waals surface area contributed by atoms with Gasteiger partial charge in [0.2, 0.25) is 0 Å². The molecule has 0 nitrogen and oxygen atoms in total. The van der Waals surface area contributed by atoms with Gasteiger partial charge in [-0.2, -0.15) is 0 Å². The fourth-order valence-electron chi connectivity index (χ4n) is 9.06. The number of unbranched alkanes of at least 4 members (excludes halogenated alkanes) is 2. The quantitative estimate of drug-likeness (QED) is 0.132. The summed E-state index contributed by atoms with van der Waals surface area (Å²) >= 11 is -5.05. The van der Waals surface area contributed by atoms with Gasteiger partial charge in [0, 0.05) is 0 Å². The average molecular weight is 915 g/mol. The molecule has 4 heteroatoms. The number of benzene rings is 4. The van der Waals surface area contributed by atoms with Crippen molar-refractivity contribution in [3.63, 3.8) is 0 Å². The molecular weight excluding hydrogens is 854 g/mol. The SMILES string of the molecule is CCCCC1=Cc2c(-c3ccc(C(C)(C)C)cc3)cccc2[CH]1[Hf]([Cl])([Cl])([CH]1C(CCCC)=Cc2c(-c3ccc(C(C)(C)C)cc3)cccc21)[SiH](C)C. The van der Waals surface area contributed by atoms with Crippen molar-refractivity contribution >= 4 is 35.3 Å². The second kappa shape index (κ2) is 14.9. The van der Waals surface area contributed by atoms with E-state index in [-0.39, 0.29) is 18.2 Å². The Bertz CT molecular complexity index is 1850. The van der Waals surface area contributed by atoms with E-state index in [1.54, 1.807) is 0 Å². The summed E-state index contributed by atoms with van der Waals surface area (Å²) in [5, 5.41) is 0. The van der Waals surface area contributed by atoms with Gasteiger partial charge in [-0.25, -0.2) is 0 Å². The zero-order valence-corrected chi connectivity index (χ0v) is 39.7. The van der Waals surface area contributed by atoms with Crippen LogP contribution in [-0.2, 0) is 26.1 Å². The molecule has 2 atom stereocenters. The van der Waals surface area contributed by atoms with Gasteiger partial charge in [0.05, 0.1) is 0 Å². The molecule has 0 spiro atoms. The molecule has 0 N–H and O–H groups in total. The van der Waals surface area contributed by atoms with Crippen LogP contribution in [0.3, 0.4) is 0 Å². The normalized spacial score (nSPS) is 18.1. The zero-order chi connectivity index (χ0) is 37.7. The topological polar surface area (TPSA) is 0 Å². The van der Waals surface area contributed by atoms with Crippen LogP contribution in [0.4, 0.5) is 0 Å². The Labute approximate surface area is 325 Å². The third-order valence-corrected chi connectivity index (χ3v) is 85.1. The second-order valence-electron chi connectivity index (χ2n) is 18.2. The van der Waals surface area contributed by atoms with Gasteiger partial charge in [-0.1, -0.05) is 0 Å². The number of hydrogen-bond acceptors (Lipinski definition) is 0. The van der Waals surface area contributed by atoms with Gasteiger partial charge in [0.1, 0.15) is 0 Å². The van der Waals surface area contributed by atoms with Gasteiger partial charge in [0.25, 0.3) is 0 Å². The van der Waals surface area contributed by atoms with E-state index in [0.29, 0.717) is 0 Å². The summed E-state index contributed by atoms with van der Waals surface area (Å²) in [6, 6.07) is 32.5. The van der Waals surface area contributed by atoms with Crippen molar-refractivity contribution in [1.29, 1.82) is 0 Å². The summed E-state index contributed by atoms with van der Waals surface area (Å²) in [5.74, 6) is -1.65. The van der Waals surface area contributed by atoms with Crippen LogP contribution in [0.1, 0.15) is 135 Å². The monoisotopic (exact) mass is 915 g/mol. The summed E-state index contributed by atoms with van der Waals surface area (Å²) < 4.78 is 0.246. The van der Waals surface area contributed by atoms with Gasteiger partial charge >= 0.3 is 327 Å². The van der Waals surface area contributed by atoms with Crippen molar-refractivity contribution in [2.45, 2.75) is 125 Å². The summed E-state index contributed by atoms with van der Waals surface area (Å²) in [6.45, 7) is 23.3. The molecular formula is C48H61Cl2HfSi. The van der Waals surface area contributed by atoms with Gasteiger partial charge in [-0.05, 0) is 0 Å². The van der Waals surface area contributed by atoms with Crippen molar-refractivity contribution in [1.82, 2.24) is 0 Å². The Morgan fingerprint density at radius 2 is 0.923 bits per heavy atom. The number of hydrogen-bond donors (Lipinski definition) is 0. The van der Waals surface area contributed by atoms with E-state index >= 15 is 0 Å². The summed E-state index contributed by atoms with van der Waals surface area (Å²) in [6.07, 6.45) is 11.8. The van der Waals surface area contributed by atoms with Crippen LogP contribution in [0.2, 0.25) is 13.1 Å². The van der Waals surface area contributed by atoms with Crippen LogP contribution in [0.5, 0.6) is 0 Å². The molecule has 0 amide bonds. The molecule has 0 bridgehead atoms. The van der Waals surface area contributed by atoms with Crippen LogP contribution in [0.15, 0.2) is 96.1 Å². The van der Waals surface area contributed by atoms with Gasteiger partial charge < -0.3 is 0 Å². The van der Waals surface area contributed by atoms with Crippen LogP contribution < -0.4 is 0 Å². The van der Waals surface area contributed by atoms with Crippen molar-refractivity contribution in [2.24, 2.45) is 0 Å². The van der Waals surface area contributed by atoms with Crippen molar-refractivity contribution < 1.29 is 15.3 Å². The van der Waals surface area contributed by atoms with Gasteiger partial charge in [0.15, 0.2) is 0 Å². The Balaban J connectivity index is 1.55. The molecule has 2 unspecified atom stereocenters. The van der Waals surface area contributed by atoms with E-state index in [4.69, 9.17) is 17.2 Å². The Morgan fingerprint density at radius 3 is 1.23 bits per heavy atom. The molecule has 275 valence electrons. The summed E-state index contributed by atoms with van der Waals surface area (Å²) in [7, 11) is 17.7. The zero-order valence-electron chi connectivity index (χ0n) is 33.5. The van der Waals surface area contributed by atoms with Crippen LogP contribution >= 0.6 is 17.2 Å².